The zero-order valence-corrected chi connectivity index (χ0v) is 7.61. The minimum atomic E-state index is -2.07. The van der Waals surface area contributed by atoms with E-state index in [1.807, 2.05) is 0 Å². The second kappa shape index (κ2) is 4.84. The molecular formula is C7H9ClO5. The summed E-state index contributed by atoms with van der Waals surface area (Å²) in [6.45, 7) is 1.50. The lowest BCUT2D eigenvalue weighted by Gasteiger charge is -2.17. The molecule has 0 aliphatic heterocycles. The summed E-state index contributed by atoms with van der Waals surface area (Å²) in [6, 6.07) is 0. The van der Waals surface area contributed by atoms with Crippen molar-refractivity contribution < 1.29 is 24.5 Å². The lowest BCUT2D eigenvalue weighted by atomic mass is 10.4. The third kappa shape index (κ3) is 6.12. The van der Waals surface area contributed by atoms with Gasteiger partial charge >= 0.3 is 11.9 Å². The molecule has 5 nitrogen and oxygen atoms in total. The minimum absolute atomic E-state index is 0.00120. The highest BCUT2D eigenvalue weighted by atomic mass is 35.5. The third-order valence-corrected chi connectivity index (χ3v) is 1.40. The molecule has 0 amide bonds. The molecule has 0 spiro atoms. The van der Waals surface area contributed by atoms with Gasteiger partial charge in [0.05, 0.1) is 0 Å². The molecule has 0 aromatic heterocycles. The molecule has 2 N–H and O–H groups in total. The lowest BCUT2D eigenvalue weighted by Crippen LogP contribution is -2.26. The molecule has 1 unspecified atom stereocenters. The molecule has 0 aliphatic carbocycles. The summed E-state index contributed by atoms with van der Waals surface area (Å²) < 4.78 is 4.27. The molecule has 74 valence electrons. The molecule has 0 saturated carbocycles. The Morgan fingerprint density at radius 2 is 2.08 bits per heavy atom. The Hall–Kier alpha value is -1.07. The summed E-state index contributed by atoms with van der Waals surface area (Å²) in [7, 11) is 0. The summed E-state index contributed by atoms with van der Waals surface area (Å²) in [5.74, 6) is -2.30. The van der Waals surface area contributed by atoms with E-state index in [-0.39, 0.29) is 6.42 Å². The molecule has 13 heavy (non-hydrogen) atoms. The monoisotopic (exact) mass is 208 g/mol. The summed E-state index contributed by atoms with van der Waals surface area (Å²) in [5, 5.41) is 15.1. The molecule has 0 fully saturated rings. The van der Waals surface area contributed by atoms with Crippen LogP contribution < -0.4 is 0 Å². The Balaban J connectivity index is 4.09. The Morgan fingerprint density at radius 3 is 2.46 bits per heavy atom. The highest BCUT2D eigenvalue weighted by Crippen LogP contribution is 2.17. The van der Waals surface area contributed by atoms with Gasteiger partial charge in [0.2, 0.25) is 0 Å². The van der Waals surface area contributed by atoms with Gasteiger partial charge in [0.15, 0.2) is 0 Å². The first-order chi connectivity index (χ1) is 5.87. The van der Waals surface area contributed by atoms with E-state index in [0.717, 1.165) is 0 Å². The van der Waals surface area contributed by atoms with E-state index < -0.39 is 17.2 Å². The van der Waals surface area contributed by atoms with Crippen LogP contribution in [0.1, 0.15) is 13.3 Å². The van der Waals surface area contributed by atoms with Crippen LogP contribution in [0, 0.1) is 0 Å². The van der Waals surface area contributed by atoms with Gasteiger partial charge in [0, 0.05) is 18.6 Å². The fourth-order valence-electron chi connectivity index (χ4n) is 0.400. The topological polar surface area (TPSA) is 83.8 Å². The van der Waals surface area contributed by atoms with Crippen LogP contribution in [0.5, 0.6) is 0 Å². The number of hydrogen-bond donors (Lipinski definition) is 2. The SMILES string of the molecule is CCC(O)(Cl)OC(=O)/C=C\C(=O)O. The van der Waals surface area contributed by atoms with Crippen LogP contribution in [-0.2, 0) is 14.3 Å². The summed E-state index contributed by atoms with van der Waals surface area (Å²) in [4.78, 5) is 20.7. The number of carboxylic acids is 1. The van der Waals surface area contributed by atoms with E-state index >= 15 is 0 Å². The highest BCUT2D eigenvalue weighted by Gasteiger charge is 2.24. The van der Waals surface area contributed by atoms with Crippen LogP contribution in [0.15, 0.2) is 12.2 Å². The van der Waals surface area contributed by atoms with Crippen LogP contribution in [0.2, 0.25) is 0 Å². The predicted octanol–water partition coefficient (Wildman–Crippen LogP) is 0.465. The zero-order valence-electron chi connectivity index (χ0n) is 6.86. The van der Waals surface area contributed by atoms with Crippen molar-refractivity contribution in [1.29, 1.82) is 0 Å². The number of carbonyl (C=O) groups excluding carboxylic acids is 1. The highest BCUT2D eigenvalue weighted by molar-refractivity contribution is 6.22. The number of halogens is 1. The first kappa shape index (κ1) is 11.9. The zero-order chi connectivity index (χ0) is 10.5. The quantitative estimate of drug-likeness (QED) is 0.304. The molecule has 0 aromatic rings. The van der Waals surface area contributed by atoms with Crippen molar-refractivity contribution in [3.63, 3.8) is 0 Å². The number of alkyl halides is 1. The van der Waals surface area contributed by atoms with E-state index in [2.05, 4.69) is 4.74 Å². The van der Waals surface area contributed by atoms with Crippen molar-refractivity contribution in [3.05, 3.63) is 12.2 Å². The molecule has 0 saturated heterocycles. The molecule has 0 bridgehead atoms. The van der Waals surface area contributed by atoms with Gasteiger partial charge in [-0.05, 0) is 11.6 Å². The Kier molecular flexibility index (Phi) is 4.44. The smallest absolute Gasteiger partial charge is 0.334 e. The number of esters is 1. The number of aliphatic carboxylic acids is 1. The maximum atomic E-state index is 10.7. The van der Waals surface area contributed by atoms with E-state index in [1.54, 1.807) is 0 Å². The van der Waals surface area contributed by atoms with Crippen LogP contribution in [-0.4, -0.2) is 27.4 Å². The Morgan fingerprint density at radius 1 is 1.54 bits per heavy atom. The largest absolute Gasteiger partial charge is 0.478 e. The minimum Gasteiger partial charge on any atom is -0.478 e. The van der Waals surface area contributed by atoms with Crippen molar-refractivity contribution in [3.8, 4) is 0 Å². The average Bonchev–Trinajstić information content (AvgIpc) is 2.00. The molecule has 0 aromatic carbocycles. The van der Waals surface area contributed by atoms with Crippen molar-refractivity contribution in [1.82, 2.24) is 0 Å². The molecule has 0 aliphatic rings. The number of carboxylic acid groups (broad SMARTS) is 1. The van der Waals surface area contributed by atoms with Crippen molar-refractivity contribution >= 4 is 23.5 Å². The van der Waals surface area contributed by atoms with E-state index in [0.29, 0.717) is 12.2 Å². The standard InChI is InChI=1S/C7H9ClO5/c1-2-7(8,12)13-6(11)4-3-5(9)10/h3-4,12H,2H2,1H3,(H,9,10)/b4-3-. The first-order valence-corrected chi connectivity index (χ1v) is 3.80. The van der Waals surface area contributed by atoms with Gasteiger partial charge in [-0.3, -0.25) is 0 Å². The van der Waals surface area contributed by atoms with Gasteiger partial charge in [0.25, 0.3) is 5.25 Å². The van der Waals surface area contributed by atoms with Gasteiger partial charge in [-0.25, -0.2) is 9.59 Å². The maximum absolute atomic E-state index is 10.7. The fraction of sp³-hybridized carbons (Fsp3) is 0.429. The second-order valence-corrected chi connectivity index (χ2v) is 2.73. The van der Waals surface area contributed by atoms with Crippen molar-refractivity contribution in [2.75, 3.05) is 0 Å². The van der Waals surface area contributed by atoms with Crippen molar-refractivity contribution in [2.45, 2.75) is 18.6 Å². The normalized spacial score (nSPS) is 15.3. The number of hydrogen-bond acceptors (Lipinski definition) is 4. The molecule has 6 heteroatoms. The summed E-state index contributed by atoms with van der Waals surface area (Å²) >= 11 is 5.26. The van der Waals surface area contributed by atoms with E-state index in [1.165, 1.54) is 6.92 Å². The van der Waals surface area contributed by atoms with E-state index in [9.17, 15) is 9.59 Å². The van der Waals surface area contributed by atoms with Gasteiger partial charge in [0.1, 0.15) is 0 Å². The summed E-state index contributed by atoms with van der Waals surface area (Å²) in [5.41, 5.74) is 0. The van der Waals surface area contributed by atoms with Crippen LogP contribution in [0.25, 0.3) is 0 Å². The maximum Gasteiger partial charge on any atom is 0.334 e. The van der Waals surface area contributed by atoms with Crippen LogP contribution >= 0.6 is 11.6 Å². The third-order valence-electron chi connectivity index (χ3n) is 1.06. The predicted molar refractivity (Wildman–Crippen MR) is 44.0 cm³/mol. The van der Waals surface area contributed by atoms with Gasteiger partial charge in [-0.1, -0.05) is 6.92 Å². The average molecular weight is 209 g/mol. The molecule has 0 heterocycles. The lowest BCUT2D eigenvalue weighted by molar-refractivity contribution is -0.173. The molecular weight excluding hydrogens is 200 g/mol. The molecule has 1 atom stereocenters. The Labute approximate surface area is 79.6 Å². The number of rotatable bonds is 4. The second-order valence-electron chi connectivity index (χ2n) is 2.14. The molecule has 0 radical (unpaired) electrons. The summed E-state index contributed by atoms with van der Waals surface area (Å²) in [6.07, 6.45) is 1.25. The molecule has 0 rings (SSSR count). The number of ether oxygens (including phenoxy) is 1. The van der Waals surface area contributed by atoms with Gasteiger partial charge in [-0.2, -0.15) is 0 Å². The van der Waals surface area contributed by atoms with Crippen molar-refractivity contribution in [2.24, 2.45) is 0 Å². The number of carbonyl (C=O) groups is 2. The number of aliphatic hydroxyl groups is 1. The van der Waals surface area contributed by atoms with Gasteiger partial charge in [-0.15, -0.1) is 0 Å². The first-order valence-electron chi connectivity index (χ1n) is 3.42. The van der Waals surface area contributed by atoms with Gasteiger partial charge < -0.3 is 14.9 Å². The van der Waals surface area contributed by atoms with E-state index in [4.69, 9.17) is 21.8 Å². The van der Waals surface area contributed by atoms with Crippen LogP contribution in [0.4, 0.5) is 0 Å². The fourth-order valence-corrected chi connectivity index (χ4v) is 0.476. The Bertz CT molecular complexity index is 233. The van der Waals surface area contributed by atoms with Crippen LogP contribution in [0.3, 0.4) is 0 Å².